The average molecular weight is 684 g/mol. The van der Waals surface area contributed by atoms with Crippen LogP contribution < -0.4 is 19.5 Å². The lowest BCUT2D eigenvalue weighted by Gasteiger charge is -2.21. The summed E-state index contributed by atoms with van der Waals surface area (Å²) < 4.78 is 44.5. The SMILES string of the molecule is CCOC(=O)[C@H](Cc1ccc(OCCNC2C3CN(C(=O)NS(=O)(=O)c4ccc(Cl)cc4)C[C@H]32)cc1)Oc1ccc(C(C)(C)C)cc1. The van der Waals surface area contributed by atoms with E-state index in [1.165, 1.54) is 29.8 Å². The Labute approximate surface area is 281 Å². The van der Waals surface area contributed by atoms with E-state index in [4.69, 9.17) is 25.8 Å². The van der Waals surface area contributed by atoms with Gasteiger partial charge >= 0.3 is 12.0 Å². The minimum Gasteiger partial charge on any atom is -0.492 e. The molecule has 2 N–H and O–H groups in total. The first-order chi connectivity index (χ1) is 22.3. The van der Waals surface area contributed by atoms with Crippen molar-refractivity contribution < 1.29 is 32.2 Å². The third kappa shape index (κ3) is 8.97. The van der Waals surface area contributed by atoms with E-state index in [1.807, 2.05) is 48.5 Å². The Kier molecular flexibility index (Phi) is 10.7. The third-order valence-corrected chi connectivity index (χ3v) is 10.1. The van der Waals surface area contributed by atoms with Crippen LogP contribution in [0.2, 0.25) is 5.02 Å². The number of hydrogen-bond acceptors (Lipinski definition) is 8. The monoisotopic (exact) mass is 683 g/mol. The number of benzene rings is 3. The number of carbonyl (C=O) groups is 2. The van der Waals surface area contributed by atoms with Gasteiger partial charge in [0, 0.05) is 37.1 Å². The number of ether oxygens (including phenoxy) is 3. The zero-order chi connectivity index (χ0) is 33.8. The Morgan fingerprint density at radius 3 is 2.15 bits per heavy atom. The van der Waals surface area contributed by atoms with Crippen molar-refractivity contribution in [1.29, 1.82) is 0 Å². The van der Waals surface area contributed by atoms with E-state index in [1.54, 1.807) is 11.8 Å². The van der Waals surface area contributed by atoms with Crippen molar-refractivity contribution in [3.05, 3.63) is 88.9 Å². The van der Waals surface area contributed by atoms with Gasteiger partial charge in [-0.1, -0.05) is 56.6 Å². The second kappa shape index (κ2) is 14.5. The van der Waals surface area contributed by atoms with Gasteiger partial charge in [0.25, 0.3) is 10.0 Å². The summed E-state index contributed by atoms with van der Waals surface area (Å²) in [6, 6.07) is 20.7. The molecule has 1 saturated heterocycles. The molecule has 252 valence electrons. The molecule has 5 rings (SSSR count). The number of piperidine rings is 1. The lowest BCUT2D eigenvalue weighted by atomic mass is 9.87. The number of amides is 2. The summed E-state index contributed by atoms with van der Waals surface area (Å²) >= 11 is 5.83. The Bertz CT molecular complexity index is 1630. The van der Waals surface area contributed by atoms with Crippen LogP contribution in [-0.2, 0) is 31.4 Å². The second-order valence-electron chi connectivity index (χ2n) is 12.9. The second-order valence-corrected chi connectivity index (χ2v) is 15.0. The van der Waals surface area contributed by atoms with Crippen LogP contribution in [0.1, 0.15) is 38.8 Å². The first kappa shape index (κ1) is 34.5. The van der Waals surface area contributed by atoms with Crippen LogP contribution in [0.3, 0.4) is 0 Å². The predicted molar refractivity (Wildman–Crippen MR) is 179 cm³/mol. The third-order valence-electron chi connectivity index (χ3n) is 8.47. The first-order valence-electron chi connectivity index (χ1n) is 15.8. The van der Waals surface area contributed by atoms with Crippen LogP contribution in [0.4, 0.5) is 4.79 Å². The van der Waals surface area contributed by atoms with Crippen LogP contribution in [0.15, 0.2) is 77.7 Å². The maximum absolute atomic E-state index is 12.7. The molecule has 3 aromatic rings. The van der Waals surface area contributed by atoms with E-state index in [-0.39, 0.29) is 34.8 Å². The molecule has 0 spiro atoms. The molecule has 1 saturated carbocycles. The molecular formula is C35H42ClN3O7S. The molecule has 2 amide bonds. The van der Waals surface area contributed by atoms with Gasteiger partial charge in [-0.25, -0.2) is 22.7 Å². The van der Waals surface area contributed by atoms with E-state index in [0.29, 0.717) is 49.2 Å². The highest BCUT2D eigenvalue weighted by atomic mass is 35.5. The number of sulfonamides is 1. The van der Waals surface area contributed by atoms with Gasteiger partial charge in [0.2, 0.25) is 0 Å². The van der Waals surface area contributed by atoms with Crippen LogP contribution in [-0.4, -0.2) is 70.3 Å². The van der Waals surface area contributed by atoms with Gasteiger partial charge in [0.1, 0.15) is 18.1 Å². The molecule has 47 heavy (non-hydrogen) atoms. The fourth-order valence-corrected chi connectivity index (χ4v) is 6.88. The summed E-state index contributed by atoms with van der Waals surface area (Å²) in [5.74, 6) is 1.48. The highest BCUT2D eigenvalue weighted by molar-refractivity contribution is 7.90. The molecule has 2 fully saturated rings. The number of esters is 1. The molecule has 0 aromatic heterocycles. The Balaban J connectivity index is 1.03. The molecular weight excluding hydrogens is 642 g/mol. The highest BCUT2D eigenvalue weighted by Crippen LogP contribution is 2.45. The van der Waals surface area contributed by atoms with Crippen LogP contribution in [0, 0.1) is 11.8 Å². The normalized spacial score (nSPS) is 19.4. The molecule has 0 bridgehead atoms. The number of halogens is 1. The lowest BCUT2D eigenvalue weighted by molar-refractivity contribution is -0.151. The van der Waals surface area contributed by atoms with E-state index in [2.05, 4.69) is 30.8 Å². The van der Waals surface area contributed by atoms with E-state index >= 15 is 0 Å². The number of urea groups is 1. The average Bonchev–Trinajstić information content (AvgIpc) is 3.46. The highest BCUT2D eigenvalue weighted by Gasteiger charge is 2.56. The number of rotatable bonds is 13. The van der Waals surface area contributed by atoms with Gasteiger partial charge in [0.05, 0.1) is 11.5 Å². The minimum atomic E-state index is -3.97. The Hall–Kier alpha value is -3.80. The lowest BCUT2D eigenvalue weighted by Crippen LogP contribution is -2.44. The van der Waals surface area contributed by atoms with Crippen LogP contribution in [0.5, 0.6) is 11.5 Å². The summed E-state index contributed by atoms with van der Waals surface area (Å²) in [4.78, 5) is 26.8. The molecule has 1 aliphatic heterocycles. The number of likely N-dealkylation sites (tertiary alicyclic amines) is 1. The number of hydrogen-bond donors (Lipinski definition) is 2. The summed E-state index contributed by atoms with van der Waals surface area (Å²) in [6.45, 7) is 10.6. The molecule has 0 radical (unpaired) electrons. The molecule has 2 unspecified atom stereocenters. The molecule has 10 nitrogen and oxygen atoms in total. The molecule has 4 atom stereocenters. The fraction of sp³-hybridized carbons (Fsp3) is 0.429. The smallest absolute Gasteiger partial charge is 0.347 e. The topological polar surface area (TPSA) is 123 Å². The van der Waals surface area contributed by atoms with Crippen LogP contribution in [0.25, 0.3) is 0 Å². The summed E-state index contributed by atoms with van der Waals surface area (Å²) in [5, 5.41) is 3.90. The van der Waals surface area contributed by atoms with Crippen molar-refractivity contribution in [2.75, 3.05) is 32.8 Å². The van der Waals surface area contributed by atoms with Crippen molar-refractivity contribution in [2.45, 2.75) is 56.6 Å². The van der Waals surface area contributed by atoms with Gasteiger partial charge in [-0.3, -0.25) is 0 Å². The van der Waals surface area contributed by atoms with Gasteiger partial charge in [-0.05, 0) is 83.8 Å². The number of fused-ring (bicyclic) bond motifs is 1. The maximum Gasteiger partial charge on any atom is 0.347 e. The Morgan fingerprint density at radius 2 is 1.55 bits per heavy atom. The number of nitrogens with one attached hydrogen (secondary N) is 2. The van der Waals surface area contributed by atoms with Crippen LogP contribution >= 0.6 is 11.6 Å². The van der Waals surface area contributed by atoms with Gasteiger partial charge in [-0.2, -0.15) is 0 Å². The standard InChI is InChI=1S/C35H42ClN3O7S/c1-5-44-33(40)31(46-27-14-8-24(9-15-27)35(2,3)4)20-23-6-12-26(13-7-23)45-19-18-37-32-29-21-39(22-30(29)32)34(41)38-47(42,43)28-16-10-25(36)11-17-28/h6-17,29-32,37H,5,18-22H2,1-4H3,(H,38,41)/t29-,30?,31+,32?/m1/s1. The predicted octanol–water partition coefficient (Wildman–Crippen LogP) is 5.19. The fourth-order valence-electron chi connectivity index (χ4n) is 5.78. The van der Waals surface area contributed by atoms with E-state index in [9.17, 15) is 18.0 Å². The van der Waals surface area contributed by atoms with E-state index in [0.717, 1.165) is 5.56 Å². The quantitative estimate of drug-likeness (QED) is 0.187. The van der Waals surface area contributed by atoms with E-state index < -0.39 is 28.1 Å². The van der Waals surface area contributed by atoms with Gasteiger partial charge < -0.3 is 24.4 Å². The minimum absolute atomic E-state index is 0.0125. The summed E-state index contributed by atoms with van der Waals surface area (Å²) in [7, 11) is -3.97. The van der Waals surface area contributed by atoms with Crippen molar-refractivity contribution in [3.8, 4) is 11.5 Å². The van der Waals surface area contributed by atoms with Gasteiger partial charge in [-0.15, -0.1) is 0 Å². The number of carbonyl (C=O) groups excluding carboxylic acids is 2. The zero-order valence-corrected chi connectivity index (χ0v) is 28.6. The van der Waals surface area contributed by atoms with Crippen molar-refractivity contribution in [1.82, 2.24) is 14.9 Å². The van der Waals surface area contributed by atoms with Crippen molar-refractivity contribution in [3.63, 3.8) is 0 Å². The van der Waals surface area contributed by atoms with Crippen molar-refractivity contribution in [2.24, 2.45) is 11.8 Å². The Morgan fingerprint density at radius 1 is 0.936 bits per heavy atom. The number of nitrogens with zero attached hydrogens (tertiary/aromatic N) is 1. The molecule has 12 heteroatoms. The first-order valence-corrected chi connectivity index (χ1v) is 17.7. The molecule has 3 aromatic carbocycles. The summed E-state index contributed by atoms with van der Waals surface area (Å²) in [6.07, 6.45) is -0.423. The molecule has 2 aliphatic rings. The molecule has 1 heterocycles. The van der Waals surface area contributed by atoms with Crippen molar-refractivity contribution >= 4 is 33.6 Å². The summed E-state index contributed by atoms with van der Waals surface area (Å²) in [5.41, 5.74) is 2.12. The largest absolute Gasteiger partial charge is 0.492 e. The maximum atomic E-state index is 12.7. The van der Waals surface area contributed by atoms with Gasteiger partial charge in [0.15, 0.2) is 6.10 Å². The zero-order valence-electron chi connectivity index (χ0n) is 27.1. The molecule has 1 aliphatic carbocycles.